The van der Waals surface area contributed by atoms with Crippen molar-refractivity contribution in [3.63, 3.8) is 0 Å². The van der Waals surface area contributed by atoms with Crippen molar-refractivity contribution in [2.24, 2.45) is 5.73 Å². The topological polar surface area (TPSA) is 134 Å². The Morgan fingerprint density at radius 2 is 2.00 bits per heavy atom. The summed E-state index contributed by atoms with van der Waals surface area (Å²) in [5, 5.41) is 25.6. The maximum atomic E-state index is 12.8. The Balaban J connectivity index is 2.15. The molecule has 1 unspecified atom stereocenters. The van der Waals surface area contributed by atoms with Gasteiger partial charge in [0.25, 0.3) is 0 Å². The van der Waals surface area contributed by atoms with Gasteiger partial charge in [-0.2, -0.15) is 0 Å². The molecule has 6 N–H and O–H groups in total. The highest BCUT2D eigenvalue weighted by Gasteiger charge is 2.37. The predicted molar refractivity (Wildman–Crippen MR) is 100 cm³/mol. The van der Waals surface area contributed by atoms with Crippen molar-refractivity contribution in [2.45, 2.75) is 57.2 Å². The van der Waals surface area contributed by atoms with Gasteiger partial charge in [0.05, 0.1) is 13.2 Å². The number of nitrogens with two attached hydrogens (primary N) is 1. The smallest absolute Gasteiger partial charge is 0.328 e. The first kappa shape index (κ1) is 21.0. The molecule has 1 aliphatic heterocycles. The van der Waals surface area contributed by atoms with E-state index in [2.05, 4.69) is 10.6 Å². The Hall–Kier alpha value is -2.32. The molecule has 0 saturated carbocycles. The summed E-state index contributed by atoms with van der Waals surface area (Å²) in [6.45, 7) is 4.30. The largest absolute Gasteiger partial charge is 0.504 e. The third kappa shape index (κ3) is 4.90. The minimum Gasteiger partial charge on any atom is -0.504 e. The first-order valence-corrected chi connectivity index (χ1v) is 9.11. The van der Waals surface area contributed by atoms with E-state index >= 15 is 0 Å². The Labute approximate surface area is 159 Å². The third-order valence-electron chi connectivity index (χ3n) is 4.90. The summed E-state index contributed by atoms with van der Waals surface area (Å²) < 4.78 is 4.79. The van der Waals surface area contributed by atoms with Gasteiger partial charge in [-0.05, 0) is 69.3 Å². The van der Waals surface area contributed by atoms with E-state index in [0.29, 0.717) is 25.8 Å². The molecule has 1 aromatic rings. The second-order valence-corrected chi connectivity index (χ2v) is 7.39. The highest BCUT2D eigenvalue weighted by molar-refractivity contribution is 5.88. The molecule has 1 heterocycles. The van der Waals surface area contributed by atoms with E-state index in [1.807, 2.05) is 13.8 Å². The van der Waals surface area contributed by atoms with E-state index < -0.39 is 23.6 Å². The van der Waals surface area contributed by atoms with Crippen LogP contribution in [0.5, 0.6) is 11.5 Å². The van der Waals surface area contributed by atoms with Crippen molar-refractivity contribution in [1.82, 2.24) is 10.6 Å². The zero-order valence-corrected chi connectivity index (χ0v) is 16.0. The second-order valence-electron chi connectivity index (χ2n) is 7.39. The van der Waals surface area contributed by atoms with E-state index in [1.54, 1.807) is 0 Å². The molecule has 0 aromatic heterocycles. The lowest BCUT2D eigenvalue weighted by molar-refractivity contribution is -0.145. The zero-order valence-electron chi connectivity index (χ0n) is 16.0. The molecule has 0 spiro atoms. The fourth-order valence-electron chi connectivity index (χ4n) is 3.47. The molecular weight excluding hydrogens is 350 g/mol. The highest BCUT2D eigenvalue weighted by atomic mass is 16.5. The number of aromatic hydroxyl groups is 2. The first-order valence-electron chi connectivity index (χ1n) is 9.11. The maximum Gasteiger partial charge on any atom is 0.328 e. The molecule has 27 heavy (non-hydrogen) atoms. The number of unbranched alkanes of at least 4 members (excludes halogenated alkanes) is 1. The Bertz CT molecular complexity index is 705. The van der Waals surface area contributed by atoms with E-state index in [9.17, 15) is 19.8 Å². The number of carbonyl (C=O) groups is 2. The van der Waals surface area contributed by atoms with Crippen LogP contribution in [0.4, 0.5) is 0 Å². The number of nitrogens with one attached hydrogen (secondary N) is 2. The highest BCUT2D eigenvalue weighted by Crippen LogP contribution is 2.37. The van der Waals surface area contributed by atoms with Crippen LogP contribution in [0.1, 0.15) is 44.2 Å². The number of rotatable bonds is 7. The number of amides is 1. The van der Waals surface area contributed by atoms with E-state index in [-0.39, 0.29) is 17.4 Å². The summed E-state index contributed by atoms with van der Waals surface area (Å²) in [5.41, 5.74) is 6.48. The average molecular weight is 379 g/mol. The van der Waals surface area contributed by atoms with Crippen molar-refractivity contribution in [3.8, 4) is 11.5 Å². The number of methoxy groups -OCH3 is 1. The van der Waals surface area contributed by atoms with Gasteiger partial charge in [-0.15, -0.1) is 0 Å². The summed E-state index contributed by atoms with van der Waals surface area (Å²) >= 11 is 0. The van der Waals surface area contributed by atoms with Crippen LogP contribution in [-0.4, -0.2) is 47.8 Å². The first-order chi connectivity index (χ1) is 12.7. The summed E-state index contributed by atoms with van der Waals surface area (Å²) in [5.74, 6) is -1.22. The van der Waals surface area contributed by atoms with Gasteiger partial charge in [0.15, 0.2) is 11.5 Å². The molecule has 0 bridgehead atoms. The SMILES string of the molecule is COC(=O)C(CCCCN)NC(=O)[C@@H]1Cc2cc(O)c(O)cc2C(C)(C)N1. The van der Waals surface area contributed by atoms with Gasteiger partial charge in [-0.25, -0.2) is 4.79 Å². The number of hydrogen-bond acceptors (Lipinski definition) is 7. The van der Waals surface area contributed by atoms with Crippen LogP contribution < -0.4 is 16.4 Å². The van der Waals surface area contributed by atoms with Crippen LogP contribution in [0.2, 0.25) is 0 Å². The number of ether oxygens (including phenoxy) is 1. The lowest BCUT2D eigenvalue weighted by atomic mass is 9.81. The number of phenols is 2. The molecular formula is C19H29N3O5. The summed E-state index contributed by atoms with van der Waals surface area (Å²) in [4.78, 5) is 24.8. The summed E-state index contributed by atoms with van der Waals surface area (Å²) in [6, 6.07) is 1.68. The van der Waals surface area contributed by atoms with Crippen molar-refractivity contribution >= 4 is 11.9 Å². The van der Waals surface area contributed by atoms with Gasteiger partial charge < -0.3 is 26.0 Å². The molecule has 0 fully saturated rings. The molecule has 1 aliphatic rings. The van der Waals surface area contributed by atoms with E-state index in [0.717, 1.165) is 17.5 Å². The number of fused-ring (bicyclic) bond motifs is 1. The van der Waals surface area contributed by atoms with Crippen LogP contribution in [-0.2, 0) is 26.3 Å². The fourth-order valence-corrected chi connectivity index (χ4v) is 3.47. The molecule has 1 aromatic carbocycles. The number of benzene rings is 1. The predicted octanol–water partition coefficient (Wildman–Crippen LogP) is 0.634. The molecule has 0 saturated heterocycles. The summed E-state index contributed by atoms with van der Waals surface area (Å²) in [6.07, 6.45) is 2.25. The standard InChI is InChI=1S/C19H29N3O5/c1-19(2)12-10-16(24)15(23)9-11(12)8-14(22-19)17(25)21-13(18(26)27-3)6-4-5-7-20/h9-10,13-14,22-24H,4-8,20H2,1-3H3,(H,21,25)/t13?,14-/m0/s1. The number of esters is 1. The molecule has 0 radical (unpaired) electrons. The number of carbonyl (C=O) groups excluding carboxylic acids is 2. The summed E-state index contributed by atoms with van der Waals surface area (Å²) in [7, 11) is 1.29. The van der Waals surface area contributed by atoms with Crippen molar-refractivity contribution in [3.05, 3.63) is 23.3 Å². The number of phenolic OH excluding ortho intramolecular Hbond substituents is 2. The van der Waals surface area contributed by atoms with Gasteiger partial charge >= 0.3 is 5.97 Å². The molecule has 8 nitrogen and oxygen atoms in total. The van der Waals surface area contributed by atoms with Crippen molar-refractivity contribution in [1.29, 1.82) is 0 Å². The molecule has 2 atom stereocenters. The zero-order chi connectivity index (χ0) is 20.2. The Morgan fingerprint density at radius 3 is 2.63 bits per heavy atom. The Kier molecular flexibility index (Phi) is 6.67. The van der Waals surface area contributed by atoms with Crippen LogP contribution in [0.25, 0.3) is 0 Å². The lowest BCUT2D eigenvalue weighted by Gasteiger charge is -2.39. The number of hydrogen-bond donors (Lipinski definition) is 5. The molecule has 8 heteroatoms. The normalized spacial score (nSPS) is 19.0. The quantitative estimate of drug-likeness (QED) is 0.266. The molecule has 1 amide bonds. The monoisotopic (exact) mass is 379 g/mol. The van der Waals surface area contributed by atoms with Crippen molar-refractivity contribution < 1.29 is 24.5 Å². The molecule has 2 rings (SSSR count). The van der Waals surface area contributed by atoms with E-state index in [4.69, 9.17) is 10.5 Å². The Morgan fingerprint density at radius 1 is 1.33 bits per heavy atom. The van der Waals surface area contributed by atoms with Crippen LogP contribution in [0.15, 0.2) is 12.1 Å². The van der Waals surface area contributed by atoms with Crippen LogP contribution in [0, 0.1) is 0 Å². The van der Waals surface area contributed by atoms with Gasteiger partial charge in [0.1, 0.15) is 6.04 Å². The minimum atomic E-state index is -0.728. The maximum absolute atomic E-state index is 12.8. The lowest BCUT2D eigenvalue weighted by Crippen LogP contribution is -2.58. The fraction of sp³-hybridized carbons (Fsp3) is 0.579. The van der Waals surface area contributed by atoms with Crippen LogP contribution in [0.3, 0.4) is 0 Å². The average Bonchev–Trinajstić information content (AvgIpc) is 2.61. The van der Waals surface area contributed by atoms with Crippen LogP contribution >= 0.6 is 0 Å². The second kappa shape index (κ2) is 8.58. The molecule has 150 valence electrons. The van der Waals surface area contributed by atoms with Crippen molar-refractivity contribution in [2.75, 3.05) is 13.7 Å². The van der Waals surface area contributed by atoms with Gasteiger partial charge in [-0.1, -0.05) is 0 Å². The van der Waals surface area contributed by atoms with Gasteiger partial charge in [0, 0.05) is 5.54 Å². The van der Waals surface area contributed by atoms with Gasteiger partial charge in [-0.3, -0.25) is 10.1 Å². The minimum absolute atomic E-state index is 0.197. The van der Waals surface area contributed by atoms with Gasteiger partial charge in [0.2, 0.25) is 5.91 Å². The molecule has 0 aliphatic carbocycles. The third-order valence-corrected chi connectivity index (χ3v) is 4.90. The van der Waals surface area contributed by atoms with E-state index in [1.165, 1.54) is 19.2 Å².